The first kappa shape index (κ1) is 11.7. The Kier molecular flexibility index (Phi) is 4.24. The predicted octanol–water partition coefficient (Wildman–Crippen LogP) is 1.76. The molecule has 0 saturated heterocycles. The van der Waals surface area contributed by atoms with Gasteiger partial charge >= 0.3 is 0 Å². The summed E-state index contributed by atoms with van der Waals surface area (Å²) in [5.41, 5.74) is 5.30. The molecule has 2 N–H and O–H groups in total. The van der Waals surface area contributed by atoms with Gasteiger partial charge in [-0.15, -0.1) is 0 Å². The lowest BCUT2D eigenvalue weighted by atomic mass is 10.1. The van der Waals surface area contributed by atoms with Gasteiger partial charge in [-0.3, -0.25) is 4.79 Å². The molecule has 0 amide bonds. The van der Waals surface area contributed by atoms with Crippen molar-refractivity contribution in [3.63, 3.8) is 0 Å². The number of halogens is 1. The summed E-state index contributed by atoms with van der Waals surface area (Å²) in [4.78, 5) is 11.4. The second kappa shape index (κ2) is 5.46. The molecule has 0 aliphatic rings. The molecule has 1 aromatic rings. The molecule has 0 fully saturated rings. The van der Waals surface area contributed by atoms with E-state index >= 15 is 0 Å². The topological polar surface area (TPSA) is 52.3 Å². The van der Waals surface area contributed by atoms with Crippen LogP contribution in [0.2, 0.25) is 0 Å². The van der Waals surface area contributed by atoms with Crippen molar-refractivity contribution in [2.45, 2.75) is 13.3 Å². The number of carbonyl (C=O) groups excluding carboxylic acids is 1. The molecule has 82 valence electrons. The van der Waals surface area contributed by atoms with Gasteiger partial charge in [-0.2, -0.15) is 0 Å². The number of hydrogen-bond donors (Lipinski definition) is 1. The average Bonchev–Trinajstić information content (AvgIpc) is 2.18. The summed E-state index contributed by atoms with van der Waals surface area (Å²) in [6, 6.07) is 4.22. The van der Waals surface area contributed by atoms with Crippen molar-refractivity contribution in [3.05, 3.63) is 29.6 Å². The number of hydrogen-bond acceptors (Lipinski definition) is 3. The van der Waals surface area contributed by atoms with Crippen molar-refractivity contribution in [1.29, 1.82) is 0 Å². The molecular weight excluding hydrogens is 197 g/mol. The number of nitrogens with two attached hydrogens (primary N) is 1. The lowest BCUT2D eigenvalue weighted by Crippen LogP contribution is -2.09. The van der Waals surface area contributed by atoms with Crippen molar-refractivity contribution in [3.8, 4) is 5.75 Å². The van der Waals surface area contributed by atoms with Crippen molar-refractivity contribution in [1.82, 2.24) is 0 Å². The lowest BCUT2D eigenvalue weighted by Gasteiger charge is -2.05. The van der Waals surface area contributed by atoms with E-state index in [0.717, 1.165) is 0 Å². The maximum absolute atomic E-state index is 13.4. The van der Waals surface area contributed by atoms with E-state index in [1.807, 2.05) is 6.92 Å². The van der Waals surface area contributed by atoms with Gasteiger partial charge in [0.15, 0.2) is 5.78 Å². The van der Waals surface area contributed by atoms with Crippen LogP contribution in [0.3, 0.4) is 0 Å². The molecule has 0 aliphatic carbocycles. The molecule has 0 aromatic heterocycles. The molecule has 4 heteroatoms. The van der Waals surface area contributed by atoms with Crippen LogP contribution in [0.15, 0.2) is 18.2 Å². The Morgan fingerprint density at radius 3 is 2.80 bits per heavy atom. The van der Waals surface area contributed by atoms with Gasteiger partial charge in [0, 0.05) is 12.5 Å². The summed E-state index contributed by atoms with van der Waals surface area (Å²) < 4.78 is 18.5. The highest BCUT2D eigenvalue weighted by Gasteiger charge is 2.11. The van der Waals surface area contributed by atoms with E-state index < -0.39 is 5.82 Å². The summed E-state index contributed by atoms with van der Waals surface area (Å²) in [7, 11) is 0. The fourth-order valence-corrected chi connectivity index (χ4v) is 1.24. The first-order chi connectivity index (χ1) is 7.19. The molecule has 3 nitrogen and oxygen atoms in total. The summed E-state index contributed by atoms with van der Waals surface area (Å²) >= 11 is 0. The van der Waals surface area contributed by atoms with E-state index in [1.54, 1.807) is 6.07 Å². The van der Waals surface area contributed by atoms with Gasteiger partial charge in [-0.1, -0.05) is 0 Å². The van der Waals surface area contributed by atoms with Crippen LogP contribution >= 0.6 is 0 Å². The van der Waals surface area contributed by atoms with Crippen LogP contribution in [0.1, 0.15) is 23.7 Å². The van der Waals surface area contributed by atoms with E-state index in [-0.39, 0.29) is 24.3 Å². The quantitative estimate of drug-likeness (QED) is 0.755. The first-order valence-corrected chi connectivity index (χ1v) is 4.84. The second-order valence-electron chi connectivity index (χ2n) is 3.04. The van der Waals surface area contributed by atoms with Crippen molar-refractivity contribution in [2.75, 3.05) is 13.2 Å². The van der Waals surface area contributed by atoms with E-state index in [4.69, 9.17) is 10.5 Å². The van der Waals surface area contributed by atoms with Gasteiger partial charge in [-0.25, -0.2) is 4.39 Å². The minimum atomic E-state index is -0.556. The Morgan fingerprint density at radius 1 is 1.53 bits per heavy atom. The molecule has 0 saturated carbocycles. The zero-order valence-electron chi connectivity index (χ0n) is 8.63. The van der Waals surface area contributed by atoms with Crippen LogP contribution in [-0.4, -0.2) is 18.9 Å². The van der Waals surface area contributed by atoms with E-state index in [1.165, 1.54) is 12.1 Å². The fraction of sp³-hybridized carbons (Fsp3) is 0.364. The Labute approximate surface area is 88.0 Å². The van der Waals surface area contributed by atoms with Crippen LogP contribution in [0.25, 0.3) is 0 Å². The summed E-state index contributed by atoms with van der Waals surface area (Å²) in [6.45, 7) is 2.51. The van der Waals surface area contributed by atoms with E-state index in [9.17, 15) is 9.18 Å². The maximum atomic E-state index is 13.4. The molecule has 0 heterocycles. The highest BCUT2D eigenvalue weighted by atomic mass is 19.1. The first-order valence-electron chi connectivity index (χ1n) is 4.84. The van der Waals surface area contributed by atoms with E-state index in [0.29, 0.717) is 12.4 Å². The number of ketones is 1. The van der Waals surface area contributed by atoms with Crippen LogP contribution in [0.5, 0.6) is 5.75 Å². The molecule has 0 unspecified atom stereocenters. The molecular formula is C11H14FNO2. The van der Waals surface area contributed by atoms with Gasteiger partial charge in [-0.05, 0) is 25.6 Å². The van der Waals surface area contributed by atoms with E-state index in [2.05, 4.69) is 0 Å². The Bertz CT molecular complexity index is 352. The van der Waals surface area contributed by atoms with Crippen LogP contribution in [0, 0.1) is 5.82 Å². The van der Waals surface area contributed by atoms with Crippen molar-refractivity contribution >= 4 is 5.78 Å². The summed E-state index contributed by atoms with van der Waals surface area (Å²) in [6.07, 6.45) is 0.158. The standard InChI is InChI=1S/C11H14FNO2/c1-2-15-8-3-4-9(10(12)7-8)11(14)5-6-13/h3-4,7H,2,5-6,13H2,1H3. The Hall–Kier alpha value is -1.42. The molecule has 1 rings (SSSR count). The van der Waals surface area contributed by atoms with Gasteiger partial charge in [0.05, 0.1) is 12.2 Å². The Balaban J connectivity index is 2.87. The highest BCUT2D eigenvalue weighted by molar-refractivity contribution is 5.96. The second-order valence-corrected chi connectivity index (χ2v) is 3.04. The van der Waals surface area contributed by atoms with Crippen molar-refractivity contribution in [2.24, 2.45) is 5.73 Å². The molecule has 0 spiro atoms. The summed E-state index contributed by atoms with van der Waals surface area (Å²) in [5.74, 6) is -0.406. The molecule has 15 heavy (non-hydrogen) atoms. The highest BCUT2D eigenvalue weighted by Crippen LogP contribution is 2.17. The molecule has 0 atom stereocenters. The lowest BCUT2D eigenvalue weighted by molar-refractivity contribution is 0.0981. The van der Waals surface area contributed by atoms with Gasteiger partial charge in [0.1, 0.15) is 11.6 Å². The predicted molar refractivity (Wildman–Crippen MR) is 55.6 cm³/mol. The number of Topliss-reactive ketones (excluding diaryl/α,β-unsaturated/α-hetero) is 1. The third-order valence-electron chi connectivity index (χ3n) is 1.92. The largest absolute Gasteiger partial charge is 0.494 e. The van der Waals surface area contributed by atoms with Crippen LogP contribution in [0.4, 0.5) is 4.39 Å². The smallest absolute Gasteiger partial charge is 0.167 e. The fourth-order valence-electron chi connectivity index (χ4n) is 1.24. The zero-order chi connectivity index (χ0) is 11.3. The molecule has 1 aromatic carbocycles. The molecule has 0 aliphatic heterocycles. The van der Waals surface area contributed by atoms with Gasteiger partial charge < -0.3 is 10.5 Å². The monoisotopic (exact) mass is 211 g/mol. The van der Waals surface area contributed by atoms with Gasteiger partial charge in [0.2, 0.25) is 0 Å². The number of carbonyl (C=O) groups is 1. The molecule has 0 bridgehead atoms. The maximum Gasteiger partial charge on any atom is 0.167 e. The minimum absolute atomic E-state index is 0.0731. The van der Waals surface area contributed by atoms with Crippen LogP contribution in [-0.2, 0) is 0 Å². The normalized spacial score (nSPS) is 10.1. The third kappa shape index (κ3) is 3.02. The molecule has 0 radical (unpaired) electrons. The van der Waals surface area contributed by atoms with Gasteiger partial charge in [0.25, 0.3) is 0 Å². The van der Waals surface area contributed by atoms with Crippen molar-refractivity contribution < 1.29 is 13.9 Å². The zero-order valence-corrected chi connectivity index (χ0v) is 8.63. The number of benzene rings is 1. The van der Waals surface area contributed by atoms with Crippen LogP contribution < -0.4 is 10.5 Å². The number of ether oxygens (including phenoxy) is 1. The minimum Gasteiger partial charge on any atom is -0.494 e. The average molecular weight is 211 g/mol. The summed E-state index contributed by atoms with van der Waals surface area (Å²) in [5, 5.41) is 0. The Morgan fingerprint density at radius 2 is 2.27 bits per heavy atom. The third-order valence-corrected chi connectivity index (χ3v) is 1.92. The SMILES string of the molecule is CCOc1ccc(C(=O)CCN)c(F)c1. The number of rotatable bonds is 5.